The second kappa shape index (κ2) is 10.2. The van der Waals surface area contributed by atoms with Crippen molar-refractivity contribution in [3.05, 3.63) is 52.2 Å². The number of aromatic nitrogens is 4. The summed E-state index contributed by atoms with van der Waals surface area (Å²) in [5.41, 5.74) is 1.19. The highest BCUT2D eigenvalue weighted by Gasteiger charge is 2.39. The molecule has 1 N–H and O–H groups in total. The minimum Gasteiger partial charge on any atom is -0.363 e. The monoisotopic (exact) mass is 498 g/mol. The highest BCUT2D eigenvalue weighted by molar-refractivity contribution is 5.81. The fraction of sp³-hybridized carbons (Fsp3) is 0.462. The van der Waals surface area contributed by atoms with Crippen molar-refractivity contribution in [3.63, 3.8) is 0 Å². The molecule has 3 unspecified atom stereocenters. The van der Waals surface area contributed by atoms with Crippen LogP contribution in [0.4, 0.5) is 19.0 Å². The molecule has 2 aromatic heterocycles. The van der Waals surface area contributed by atoms with Crippen LogP contribution in [0.15, 0.2) is 18.2 Å². The van der Waals surface area contributed by atoms with Crippen LogP contribution in [0.25, 0.3) is 5.78 Å². The summed E-state index contributed by atoms with van der Waals surface area (Å²) in [6.45, 7) is 6.56. The number of anilines is 1. The molecule has 1 aliphatic carbocycles. The number of alkyl halides is 2. The van der Waals surface area contributed by atoms with Gasteiger partial charge in [-0.25, -0.2) is 13.2 Å². The van der Waals surface area contributed by atoms with Crippen molar-refractivity contribution in [2.75, 3.05) is 5.32 Å². The van der Waals surface area contributed by atoms with E-state index in [1.165, 1.54) is 12.1 Å². The maximum absolute atomic E-state index is 14.8. The molecule has 1 amide bonds. The van der Waals surface area contributed by atoms with Crippen LogP contribution in [0.3, 0.4) is 0 Å². The number of terminal acetylenes is 1. The first kappa shape index (κ1) is 25.5. The van der Waals surface area contributed by atoms with Gasteiger partial charge < -0.3 is 10.2 Å². The predicted octanol–water partition coefficient (Wildman–Crippen LogP) is 5.07. The Kier molecular flexibility index (Phi) is 7.20. The number of carbonyl (C=O) groups excluding carboxylic acids is 1. The van der Waals surface area contributed by atoms with E-state index >= 15 is 0 Å². The summed E-state index contributed by atoms with van der Waals surface area (Å²) in [6.07, 6.45) is 7.71. The first-order valence-corrected chi connectivity index (χ1v) is 12.0. The van der Waals surface area contributed by atoms with E-state index in [1.54, 1.807) is 6.92 Å². The molecule has 10 heteroatoms. The van der Waals surface area contributed by atoms with Gasteiger partial charge in [-0.1, -0.05) is 32.0 Å². The number of hydrogen-bond acceptors (Lipinski definition) is 5. The van der Waals surface area contributed by atoms with Crippen molar-refractivity contribution >= 4 is 17.5 Å². The number of hydrogen-bond donors (Lipinski definition) is 1. The van der Waals surface area contributed by atoms with Crippen molar-refractivity contribution in [2.45, 2.75) is 65.6 Å². The molecule has 3 heterocycles. The van der Waals surface area contributed by atoms with Gasteiger partial charge in [0.2, 0.25) is 5.91 Å². The van der Waals surface area contributed by atoms with Gasteiger partial charge in [0.1, 0.15) is 17.5 Å². The van der Waals surface area contributed by atoms with E-state index < -0.39 is 23.8 Å². The number of nitrogens with zero attached hydrogens (tertiary/aromatic N) is 5. The Morgan fingerprint density at radius 2 is 1.92 bits per heavy atom. The third kappa shape index (κ3) is 4.27. The smallest absolute Gasteiger partial charge is 0.266 e. The topological polar surface area (TPSA) is 75.4 Å². The molecule has 0 bridgehead atoms. The SMILES string of the molecule is C#C.CCc1nnc2nc(NC(C)c3cccc(C(F)F)c3F)c3c(n12)CN(C(=O)C1CCC1C)C3. The number of halogens is 3. The zero-order valence-corrected chi connectivity index (χ0v) is 20.5. The number of benzene rings is 1. The second-order valence-corrected chi connectivity index (χ2v) is 9.26. The minimum atomic E-state index is -2.90. The van der Waals surface area contributed by atoms with Crippen LogP contribution >= 0.6 is 0 Å². The molecule has 1 aliphatic heterocycles. The Morgan fingerprint density at radius 1 is 1.19 bits per heavy atom. The van der Waals surface area contributed by atoms with Gasteiger partial charge >= 0.3 is 0 Å². The lowest BCUT2D eigenvalue weighted by atomic mass is 9.74. The fourth-order valence-corrected chi connectivity index (χ4v) is 4.98. The Labute approximate surface area is 208 Å². The van der Waals surface area contributed by atoms with Crippen LogP contribution in [0.5, 0.6) is 0 Å². The highest BCUT2D eigenvalue weighted by atomic mass is 19.3. The molecule has 0 spiro atoms. The first-order chi connectivity index (χ1) is 17.3. The number of amides is 1. The molecule has 3 aromatic rings. The predicted molar refractivity (Wildman–Crippen MR) is 130 cm³/mol. The van der Waals surface area contributed by atoms with E-state index in [1.807, 2.05) is 16.2 Å². The van der Waals surface area contributed by atoms with E-state index in [4.69, 9.17) is 0 Å². The van der Waals surface area contributed by atoms with E-state index in [2.05, 4.69) is 40.3 Å². The number of fused-ring (bicyclic) bond motifs is 3. The van der Waals surface area contributed by atoms with Gasteiger partial charge in [-0.3, -0.25) is 9.20 Å². The van der Waals surface area contributed by atoms with Crippen molar-refractivity contribution in [1.82, 2.24) is 24.5 Å². The summed E-state index contributed by atoms with van der Waals surface area (Å²) in [4.78, 5) is 19.6. The summed E-state index contributed by atoms with van der Waals surface area (Å²) in [5.74, 6) is 1.21. The van der Waals surface area contributed by atoms with Crippen LogP contribution < -0.4 is 5.32 Å². The summed E-state index contributed by atoms with van der Waals surface area (Å²) in [5, 5.41) is 11.6. The van der Waals surface area contributed by atoms with Crippen LogP contribution in [-0.4, -0.2) is 30.4 Å². The average molecular weight is 499 g/mol. The van der Waals surface area contributed by atoms with E-state index in [0.29, 0.717) is 37.0 Å². The van der Waals surface area contributed by atoms with Gasteiger partial charge in [0, 0.05) is 23.5 Å². The third-order valence-electron chi connectivity index (χ3n) is 7.20. The van der Waals surface area contributed by atoms with Gasteiger partial charge in [-0.15, -0.1) is 23.0 Å². The summed E-state index contributed by atoms with van der Waals surface area (Å²) < 4.78 is 43.1. The molecule has 1 fully saturated rings. The minimum absolute atomic E-state index is 0.0332. The van der Waals surface area contributed by atoms with Gasteiger partial charge in [-0.2, -0.15) is 4.98 Å². The zero-order valence-electron chi connectivity index (χ0n) is 20.5. The second-order valence-electron chi connectivity index (χ2n) is 9.26. The van der Waals surface area contributed by atoms with Crippen LogP contribution in [-0.2, 0) is 24.3 Å². The van der Waals surface area contributed by atoms with Crippen molar-refractivity contribution < 1.29 is 18.0 Å². The van der Waals surface area contributed by atoms with E-state index in [9.17, 15) is 18.0 Å². The molecule has 0 saturated heterocycles. The molecule has 190 valence electrons. The first-order valence-electron chi connectivity index (χ1n) is 12.0. The summed E-state index contributed by atoms with van der Waals surface area (Å²) in [7, 11) is 0. The lowest BCUT2D eigenvalue weighted by Crippen LogP contribution is -2.40. The van der Waals surface area contributed by atoms with Crippen LogP contribution in [0.2, 0.25) is 0 Å². The Hall–Kier alpha value is -3.61. The molecular formula is C26H29F3N6O. The van der Waals surface area contributed by atoms with Gasteiger partial charge in [-0.05, 0) is 25.7 Å². The van der Waals surface area contributed by atoms with Gasteiger partial charge in [0.25, 0.3) is 12.2 Å². The lowest BCUT2D eigenvalue weighted by molar-refractivity contribution is -0.141. The zero-order chi connectivity index (χ0) is 26.1. The average Bonchev–Trinajstić information content (AvgIpc) is 3.48. The molecule has 5 rings (SSSR count). The maximum atomic E-state index is 14.8. The molecule has 1 aromatic carbocycles. The molecule has 3 atom stereocenters. The number of nitrogens with one attached hydrogen (secondary N) is 1. The maximum Gasteiger partial charge on any atom is 0.266 e. The lowest BCUT2D eigenvalue weighted by Gasteiger charge is -2.35. The number of rotatable bonds is 6. The highest BCUT2D eigenvalue weighted by Crippen LogP contribution is 2.39. The molecule has 7 nitrogen and oxygen atoms in total. The third-order valence-corrected chi connectivity index (χ3v) is 7.20. The summed E-state index contributed by atoms with van der Waals surface area (Å²) in [6, 6.07) is 3.36. The van der Waals surface area contributed by atoms with Crippen molar-refractivity contribution in [2.24, 2.45) is 11.8 Å². The van der Waals surface area contributed by atoms with Crippen molar-refractivity contribution in [3.8, 4) is 12.8 Å². The van der Waals surface area contributed by atoms with Gasteiger partial charge in [0.15, 0.2) is 0 Å². The normalized spacial score (nSPS) is 19.4. The van der Waals surface area contributed by atoms with Crippen LogP contribution in [0, 0.1) is 30.5 Å². The molecule has 1 saturated carbocycles. The van der Waals surface area contributed by atoms with Gasteiger partial charge in [0.05, 0.1) is 30.4 Å². The quantitative estimate of drug-likeness (QED) is 0.480. The van der Waals surface area contributed by atoms with E-state index in [0.717, 1.165) is 36.0 Å². The standard InChI is InChI=1S/C24H27F3N6O.C2H2/c1-4-19-30-31-24-29-22(28-13(3)15-6-5-7-16(20(15)25)21(26)27)17-10-32(11-18(17)33(19)24)23(34)14-9-8-12(14)2;1-2/h5-7,12-14,21H,4,8-11H2,1-3H3,(H,28,29,31);1-2H. The molecule has 0 radical (unpaired) electrons. The van der Waals surface area contributed by atoms with Crippen molar-refractivity contribution in [1.29, 1.82) is 0 Å². The number of aryl methyl sites for hydroxylation is 1. The number of carbonyl (C=O) groups is 1. The Morgan fingerprint density at radius 3 is 2.53 bits per heavy atom. The Bertz CT molecular complexity index is 1300. The Balaban J connectivity index is 0.00000148. The largest absolute Gasteiger partial charge is 0.363 e. The summed E-state index contributed by atoms with van der Waals surface area (Å²) >= 11 is 0. The molecule has 36 heavy (non-hydrogen) atoms. The van der Waals surface area contributed by atoms with Crippen LogP contribution in [0.1, 0.15) is 74.3 Å². The molecular weight excluding hydrogens is 469 g/mol. The fourth-order valence-electron chi connectivity index (χ4n) is 4.98. The van der Waals surface area contributed by atoms with E-state index in [-0.39, 0.29) is 17.4 Å². The molecule has 2 aliphatic rings.